The Bertz CT molecular complexity index is 1320. The number of nitrogens with one attached hydrogen (secondary N) is 1. The van der Waals surface area contributed by atoms with Crippen LogP contribution in [0.2, 0.25) is 5.02 Å². The third kappa shape index (κ3) is 5.31. The number of benzene rings is 3. The Morgan fingerprint density at radius 2 is 1.86 bits per heavy atom. The second kappa shape index (κ2) is 10.1. The number of aryl methyl sites for hydroxylation is 1. The third-order valence-corrected chi connectivity index (χ3v) is 7.26. The summed E-state index contributed by atoms with van der Waals surface area (Å²) in [4.78, 5) is 29.6. The molecule has 2 aliphatic rings. The Balaban J connectivity index is 1.37. The van der Waals surface area contributed by atoms with Crippen LogP contribution in [0.25, 0.3) is 0 Å². The van der Waals surface area contributed by atoms with Crippen LogP contribution < -0.4 is 5.32 Å². The third-order valence-electron chi connectivity index (χ3n) is 5.87. The Morgan fingerprint density at radius 1 is 1.09 bits per heavy atom. The first-order chi connectivity index (χ1) is 17.0. The highest BCUT2D eigenvalue weighted by Gasteiger charge is 2.39. The normalized spacial score (nSPS) is 19.5. The highest BCUT2D eigenvalue weighted by molar-refractivity contribution is 8.15. The van der Waals surface area contributed by atoms with E-state index in [1.807, 2.05) is 65.7 Å². The minimum absolute atomic E-state index is 0.0438. The van der Waals surface area contributed by atoms with Crippen LogP contribution >= 0.6 is 23.4 Å². The molecule has 1 N–H and O–H groups in total. The number of carbonyl (C=O) groups is 2. The van der Waals surface area contributed by atoms with Crippen molar-refractivity contribution in [3.05, 3.63) is 101 Å². The van der Waals surface area contributed by atoms with E-state index in [1.54, 1.807) is 0 Å². The van der Waals surface area contributed by atoms with E-state index in [0.29, 0.717) is 22.3 Å². The van der Waals surface area contributed by atoms with Crippen molar-refractivity contribution in [1.29, 1.82) is 0 Å². The average Bonchev–Trinajstić information content (AvgIpc) is 3.44. The zero-order valence-electron chi connectivity index (χ0n) is 19.0. The summed E-state index contributed by atoms with van der Waals surface area (Å²) in [6.07, 6.45) is 0.708. The maximum Gasteiger partial charge on any atom is 0.262 e. The van der Waals surface area contributed by atoms with E-state index in [1.165, 1.54) is 11.8 Å². The first-order valence-electron chi connectivity index (χ1n) is 11.3. The van der Waals surface area contributed by atoms with Gasteiger partial charge in [-0.2, -0.15) is 10.1 Å². The fourth-order valence-corrected chi connectivity index (χ4v) is 5.33. The fourth-order valence-electron chi connectivity index (χ4n) is 4.15. The maximum absolute atomic E-state index is 12.7. The van der Waals surface area contributed by atoms with E-state index in [0.717, 1.165) is 22.4 Å². The maximum atomic E-state index is 12.7. The Labute approximate surface area is 213 Å². The van der Waals surface area contributed by atoms with Gasteiger partial charge in [-0.15, -0.1) is 0 Å². The number of carbonyl (C=O) groups excluding carboxylic acids is 2. The molecule has 2 amide bonds. The summed E-state index contributed by atoms with van der Waals surface area (Å²) < 4.78 is 0. The van der Waals surface area contributed by atoms with Gasteiger partial charge in [0.25, 0.3) is 5.91 Å². The summed E-state index contributed by atoms with van der Waals surface area (Å²) in [7, 11) is 0. The zero-order chi connectivity index (χ0) is 24.4. The SMILES string of the molecule is Cc1cccc([C@@H]2CC(c3ccc(Cl)cc3)=NN2C2=NC(=O)[C@@H](CC(=O)Nc3ccccc3)S2)c1. The van der Waals surface area contributed by atoms with Gasteiger partial charge in [-0.1, -0.05) is 83.5 Å². The summed E-state index contributed by atoms with van der Waals surface area (Å²) in [5.41, 5.74) is 4.82. The first-order valence-corrected chi connectivity index (χ1v) is 12.6. The molecule has 2 heterocycles. The van der Waals surface area contributed by atoms with Crippen molar-refractivity contribution >= 4 is 51.7 Å². The van der Waals surface area contributed by atoms with Crippen molar-refractivity contribution in [2.45, 2.75) is 31.1 Å². The number of anilines is 1. The van der Waals surface area contributed by atoms with Gasteiger partial charge in [-0.25, -0.2) is 5.01 Å². The van der Waals surface area contributed by atoms with E-state index in [9.17, 15) is 9.59 Å². The topological polar surface area (TPSA) is 74.1 Å². The molecule has 176 valence electrons. The molecule has 2 aliphatic heterocycles. The van der Waals surface area contributed by atoms with Gasteiger partial charge >= 0.3 is 0 Å². The molecule has 0 saturated heterocycles. The molecule has 6 nitrogen and oxygen atoms in total. The fraction of sp³-hybridized carbons (Fsp3) is 0.185. The Morgan fingerprint density at radius 3 is 2.60 bits per heavy atom. The van der Waals surface area contributed by atoms with Gasteiger partial charge in [0, 0.05) is 23.6 Å². The van der Waals surface area contributed by atoms with E-state index < -0.39 is 5.25 Å². The molecule has 0 aromatic heterocycles. The van der Waals surface area contributed by atoms with Gasteiger partial charge in [0.15, 0.2) is 5.17 Å². The molecule has 0 saturated carbocycles. The molecule has 35 heavy (non-hydrogen) atoms. The van der Waals surface area contributed by atoms with Gasteiger partial charge in [0.1, 0.15) is 5.25 Å². The summed E-state index contributed by atoms with van der Waals surface area (Å²) in [5, 5.41) is 10.1. The number of rotatable bonds is 5. The van der Waals surface area contributed by atoms with Crippen LogP contribution in [0.1, 0.15) is 35.6 Å². The lowest BCUT2D eigenvalue weighted by Crippen LogP contribution is -2.25. The Hall–Kier alpha value is -3.42. The number of hydrogen-bond donors (Lipinski definition) is 1. The monoisotopic (exact) mass is 502 g/mol. The van der Waals surface area contributed by atoms with Crippen LogP contribution in [0.5, 0.6) is 0 Å². The number of halogens is 1. The molecule has 0 bridgehead atoms. The largest absolute Gasteiger partial charge is 0.326 e. The second-order valence-electron chi connectivity index (χ2n) is 8.49. The Kier molecular flexibility index (Phi) is 6.70. The number of amidine groups is 1. The number of hydrogen-bond acceptors (Lipinski definition) is 5. The lowest BCUT2D eigenvalue weighted by atomic mass is 9.97. The highest BCUT2D eigenvalue weighted by atomic mass is 35.5. The van der Waals surface area contributed by atoms with E-state index in [-0.39, 0.29) is 24.3 Å². The molecule has 0 fully saturated rings. The number of hydrazone groups is 1. The molecule has 8 heteroatoms. The van der Waals surface area contributed by atoms with Crippen molar-refractivity contribution in [3.8, 4) is 0 Å². The lowest BCUT2D eigenvalue weighted by Gasteiger charge is -2.23. The van der Waals surface area contributed by atoms with Crippen molar-refractivity contribution in [2.24, 2.45) is 10.1 Å². The van der Waals surface area contributed by atoms with E-state index >= 15 is 0 Å². The van der Waals surface area contributed by atoms with Gasteiger partial charge in [-0.05, 0) is 42.3 Å². The van der Waals surface area contributed by atoms with Crippen LogP contribution in [-0.4, -0.2) is 33.0 Å². The lowest BCUT2D eigenvalue weighted by molar-refractivity contribution is -0.121. The number of amides is 2. The van der Waals surface area contributed by atoms with Gasteiger partial charge in [-0.3, -0.25) is 9.59 Å². The molecule has 0 radical (unpaired) electrons. The van der Waals surface area contributed by atoms with Gasteiger partial charge in [0.05, 0.1) is 11.8 Å². The van der Waals surface area contributed by atoms with Crippen LogP contribution in [0.4, 0.5) is 5.69 Å². The molecular formula is C27H23ClN4O2S. The van der Waals surface area contributed by atoms with E-state index in [2.05, 4.69) is 35.4 Å². The summed E-state index contributed by atoms with van der Waals surface area (Å²) in [6, 6.07) is 25.0. The summed E-state index contributed by atoms with van der Waals surface area (Å²) >= 11 is 7.37. The highest BCUT2D eigenvalue weighted by Crippen LogP contribution is 2.39. The van der Waals surface area contributed by atoms with E-state index in [4.69, 9.17) is 16.7 Å². The molecule has 0 spiro atoms. The summed E-state index contributed by atoms with van der Waals surface area (Å²) in [6.45, 7) is 2.05. The minimum Gasteiger partial charge on any atom is -0.326 e. The second-order valence-corrected chi connectivity index (χ2v) is 10.1. The van der Waals surface area contributed by atoms with Crippen molar-refractivity contribution < 1.29 is 9.59 Å². The molecule has 3 aromatic carbocycles. The first kappa shape index (κ1) is 23.3. The molecule has 0 unspecified atom stereocenters. The molecule has 2 atom stereocenters. The molecule has 5 rings (SSSR count). The van der Waals surface area contributed by atoms with Crippen LogP contribution in [0, 0.1) is 6.92 Å². The van der Waals surface area contributed by atoms with Crippen LogP contribution in [0.3, 0.4) is 0 Å². The average molecular weight is 503 g/mol. The summed E-state index contributed by atoms with van der Waals surface area (Å²) in [5.74, 6) is -0.535. The molecular weight excluding hydrogens is 480 g/mol. The van der Waals surface area contributed by atoms with Gasteiger partial charge < -0.3 is 5.32 Å². The predicted octanol–water partition coefficient (Wildman–Crippen LogP) is 5.83. The number of aliphatic imine (C=N–C) groups is 1. The minimum atomic E-state index is -0.582. The number of nitrogens with zero attached hydrogens (tertiary/aromatic N) is 3. The van der Waals surface area contributed by atoms with Gasteiger partial charge in [0.2, 0.25) is 5.91 Å². The number of thioether (sulfide) groups is 1. The van der Waals surface area contributed by atoms with Crippen LogP contribution in [-0.2, 0) is 9.59 Å². The predicted molar refractivity (Wildman–Crippen MR) is 142 cm³/mol. The quantitative estimate of drug-likeness (QED) is 0.476. The smallest absolute Gasteiger partial charge is 0.262 e. The van der Waals surface area contributed by atoms with Crippen molar-refractivity contribution in [1.82, 2.24) is 5.01 Å². The molecule has 0 aliphatic carbocycles. The van der Waals surface area contributed by atoms with Crippen molar-refractivity contribution in [2.75, 3.05) is 5.32 Å². The standard InChI is InChI=1S/C27H23ClN4O2S/c1-17-6-5-7-19(14-17)23-15-22(18-10-12-20(28)13-11-18)31-32(23)27-30-26(34)24(35-27)16-25(33)29-21-8-3-2-4-9-21/h2-14,23-24H,15-16H2,1H3,(H,29,33)/t23-,24+/m0/s1. The molecule has 3 aromatic rings. The van der Waals surface area contributed by atoms with Crippen molar-refractivity contribution in [3.63, 3.8) is 0 Å². The zero-order valence-corrected chi connectivity index (χ0v) is 20.6. The number of para-hydroxylation sites is 1. The van der Waals surface area contributed by atoms with Crippen LogP contribution in [0.15, 0.2) is 89.0 Å².